The summed E-state index contributed by atoms with van der Waals surface area (Å²) >= 11 is 1.70. The zero-order valence-electron chi connectivity index (χ0n) is 13.3. The predicted octanol–water partition coefficient (Wildman–Crippen LogP) is 4.06. The third-order valence-corrected chi connectivity index (χ3v) is 4.59. The van der Waals surface area contributed by atoms with Gasteiger partial charge in [0, 0.05) is 43.6 Å². The molecular formula is C17H18F2N4S. The lowest BCUT2D eigenvalue weighted by Gasteiger charge is -2.23. The molecule has 0 aliphatic rings. The molecule has 0 spiro atoms. The van der Waals surface area contributed by atoms with Crippen molar-refractivity contribution in [2.24, 2.45) is 7.05 Å². The molecule has 0 radical (unpaired) electrons. The molecule has 3 rings (SSSR count). The van der Waals surface area contributed by atoms with Crippen molar-refractivity contribution in [3.8, 4) is 0 Å². The number of alkyl halides is 2. The molecule has 0 aliphatic heterocycles. The quantitative estimate of drug-likeness (QED) is 0.646. The monoisotopic (exact) mass is 348 g/mol. The number of hydrogen-bond acceptors (Lipinski definition) is 4. The molecule has 4 nitrogen and oxygen atoms in total. The summed E-state index contributed by atoms with van der Waals surface area (Å²) in [4.78, 5) is 11.0. The van der Waals surface area contributed by atoms with Gasteiger partial charge in [-0.3, -0.25) is 0 Å². The molecule has 0 aromatic carbocycles. The molecule has 24 heavy (non-hydrogen) atoms. The molecule has 0 amide bonds. The van der Waals surface area contributed by atoms with Crippen LogP contribution in [0.3, 0.4) is 0 Å². The van der Waals surface area contributed by atoms with E-state index in [-0.39, 0.29) is 0 Å². The molecule has 3 aromatic rings. The standard InChI is InChI=1S/C17H18F2N4S/c1-22-8-5-13(11-22)12-23(9-6-14-3-2-10-24-14)15-4-7-20-17(21-15)16(18)19/h2-5,7-8,10-11,16H,6,9,12H2,1H3. The Morgan fingerprint density at radius 3 is 2.83 bits per heavy atom. The fraction of sp³-hybridized carbons (Fsp3) is 0.294. The summed E-state index contributed by atoms with van der Waals surface area (Å²) in [6.07, 6.45) is 3.57. The van der Waals surface area contributed by atoms with E-state index in [0.29, 0.717) is 18.9 Å². The minimum atomic E-state index is -2.67. The van der Waals surface area contributed by atoms with E-state index in [4.69, 9.17) is 0 Å². The van der Waals surface area contributed by atoms with Crippen molar-refractivity contribution in [1.29, 1.82) is 0 Å². The summed E-state index contributed by atoms with van der Waals surface area (Å²) < 4.78 is 27.8. The normalized spacial score (nSPS) is 11.2. The van der Waals surface area contributed by atoms with E-state index in [0.717, 1.165) is 12.0 Å². The van der Waals surface area contributed by atoms with E-state index in [1.165, 1.54) is 11.1 Å². The van der Waals surface area contributed by atoms with Gasteiger partial charge in [-0.25, -0.2) is 18.7 Å². The van der Waals surface area contributed by atoms with Crippen LogP contribution in [0.5, 0.6) is 0 Å². The van der Waals surface area contributed by atoms with Gasteiger partial charge in [0.15, 0.2) is 5.82 Å². The van der Waals surface area contributed by atoms with Crippen LogP contribution in [-0.4, -0.2) is 21.1 Å². The van der Waals surface area contributed by atoms with Gasteiger partial charge in [-0.1, -0.05) is 6.07 Å². The van der Waals surface area contributed by atoms with Gasteiger partial charge < -0.3 is 9.47 Å². The molecule has 0 saturated carbocycles. The van der Waals surface area contributed by atoms with Gasteiger partial charge in [0.05, 0.1) is 0 Å². The highest BCUT2D eigenvalue weighted by molar-refractivity contribution is 7.09. The number of aromatic nitrogens is 3. The summed E-state index contributed by atoms with van der Waals surface area (Å²) in [5.74, 6) is 0.0994. The molecule has 0 unspecified atom stereocenters. The van der Waals surface area contributed by atoms with Gasteiger partial charge in [0.1, 0.15) is 5.82 Å². The largest absolute Gasteiger partial charge is 0.357 e. The van der Waals surface area contributed by atoms with Crippen molar-refractivity contribution in [3.05, 3.63) is 64.5 Å². The summed E-state index contributed by atoms with van der Waals surface area (Å²) in [6.45, 7) is 1.32. The Hall–Kier alpha value is -2.28. The first-order chi connectivity index (χ1) is 11.6. The van der Waals surface area contributed by atoms with Crippen molar-refractivity contribution in [1.82, 2.24) is 14.5 Å². The van der Waals surface area contributed by atoms with Crippen LogP contribution in [-0.2, 0) is 20.0 Å². The molecule has 126 valence electrons. The fourth-order valence-corrected chi connectivity index (χ4v) is 3.19. The number of anilines is 1. The molecule has 0 aliphatic carbocycles. The van der Waals surface area contributed by atoms with E-state index in [1.807, 2.05) is 46.4 Å². The third-order valence-electron chi connectivity index (χ3n) is 3.65. The summed E-state index contributed by atoms with van der Waals surface area (Å²) in [5, 5.41) is 2.04. The Balaban J connectivity index is 1.81. The van der Waals surface area contributed by atoms with Crippen LogP contribution in [0.4, 0.5) is 14.6 Å². The first kappa shape index (κ1) is 16.6. The molecular weight excluding hydrogens is 330 g/mol. The van der Waals surface area contributed by atoms with Gasteiger partial charge in [-0.05, 0) is 35.6 Å². The first-order valence-corrected chi connectivity index (χ1v) is 8.49. The number of nitrogens with zero attached hydrogens (tertiary/aromatic N) is 4. The fourth-order valence-electron chi connectivity index (χ4n) is 2.49. The number of hydrogen-bond donors (Lipinski definition) is 0. The van der Waals surface area contributed by atoms with Gasteiger partial charge in [-0.2, -0.15) is 0 Å². The van der Waals surface area contributed by atoms with Crippen molar-refractivity contribution in [2.75, 3.05) is 11.4 Å². The Morgan fingerprint density at radius 1 is 1.29 bits per heavy atom. The third kappa shape index (κ3) is 4.17. The molecule has 3 aromatic heterocycles. The van der Waals surface area contributed by atoms with E-state index >= 15 is 0 Å². The molecule has 0 atom stereocenters. The van der Waals surface area contributed by atoms with Crippen LogP contribution >= 0.6 is 11.3 Å². The maximum atomic E-state index is 12.9. The molecule has 0 bridgehead atoms. The highest BCUT2D eigenvalue weighted by Gasteiger charge is 2.15. The van der Waals surface area contributed by atoms with Crippen LogP contribution in [0.15, 0.2) is 48.2 Å². The number of aryl methyl sites for hydroxylation is 1. The van der Waals surface area contributed by atoms with Crippen molar-refractivity contribution in [2.45, 2.75) is 19.4 Å². The van der Waals surface area contributed by atoms with Crippen molar-refractivity contribution >= 4 is 17.2 Å². The van der Waals surface area contributed by atoms with Crippen molar-refractivity contribution < 1.29 is 8.78 Å². The molecule has 7 heteroatoms. The number of rotatable bonds is 7. The Bertz CT molecular complexity index is 771. The van der Waals surface area contributed by atoms with Crippen LogP contribution < -0.4 is 4.90 Å². The highest BCUT2D eigenvalue weighted by Crippen LogP contribution is 2.20. The molecule has 0 fully saturated rings. The Kier molecular flexibility index (Phi) is 5.20. The zero-order valence-corrected chi connectivity index (χ0v) is 14.1. The van der Waals surface area contributed by atoms with E-state index in [1.54, 1.807) is 17.4 Å². The first-order valence-electron chi connectivity index (χ1n) is 7.61. The second-order valence-corrected chi connectivity index (χ2v) is 6.54. The Morgan fingerprint density at radius 2 is 2.17 bits per heavy atom. The zero-order chi connectivity index (χ0) is 16.9. The van der Waals surface area contributed by atoms with Gasteiger partial charge >= 0.3 is 0 Å². The minimum Gasteiger partial charge on any atom is -0.357 e. The predicted molar refractivity (Wildman–Crippen MR) is 91.5 cm³/mol. The van der Waals surface area contributed by atoms with Gasteiger partial charge in [0.25, 0.3) is 6.43 Å². The maximum absolute atomic E-state index is 12.9. The maximum Gasteiger partial charge on any atom is 0.297 e. The highest BCUT2D eigenvalue weighted by atomic mass is 32.1. The SMILES string of the molecule is Cn1ccc(CN(CCc2cccs2)c2ccnc(C(F)F)n2)c1. The smallest absolute Gasteiger partial charge is 0.297 e. The van der Waals surface area contributed by atoms with E-state index < -0.39 is 12.2 Å². The Labute approximate surface area is 143 Å². The molecule has 3 heterocycles. The summed E-state index contributed by atoms with van der Waals surface area (Å²) in [5.41, 5.74) is 1.11. The molecule has 0 N–H and O–H groups in total. The van der Waals surface area contributed by atoms with E-state index in [9.17, 15) is 8.78 Å². The van der Waals surface area contributed by atoms with Crippen LogP contribution in [0.25, 0.3) is 0 Å². The van der Waals surface area contributed by atoms with E-state index in [2.05, 4.69) is 16.0 Å². The van der Waals surface area contributed by atoms with Crippen LogP contribution in [0.2, 0.25) is 0 Å². The minimum absolute atomic E-state index is 0.429. The second-order valence-electron chi connectivity index (χ2n) is 5.51. The van der Waals surface area contributed by atoms with Crippen molar-refractivity contribution in [3.63, 3.8) is 0 Å². The molecule has 0 saturated heterocycles. The average molecular weight is 348 g/mol. The summed E-state index contributed by atoms with van der Waals surface area (Å²) in [7, 11) is 1.96. The lowest BCUT2D eigenvalue weighted by Crippen LogP contribution is -2.26. The number of halogens is 2. The van der Waals surface area contributed by atoms with Gasteiger partial charge in [-0.15, -0.1) is 11.3 Å². The average Bonchev–Trinajstić information content (AvgIpc) is 3.23. The second kappa shape index (κ2) is 7.53. The van der Waals surface area contributed by atoms with Crippen LogP contribution in [0, 0.1) is 0 Å². The lowest BCUT2D eigenvalue weighted by molar-refractivity contribution is 0.140. The summed E-state index contributed by atoms with van der Waals surface area (Å²) in [6, 6.07) is 7.80. The van der Waals surface area contributed by atoms with Crippen LogP contribution in [0.1, 0.15) is 22.7 Å². The number of thiophene rings is 1. The lowest BCUT2D eigenvalue weighted by atomic mass is 10.2. The topological polar surface area (TPSA) is 34.0 Å². The van der Waals surface area contributed by atoms with Gasteiger partial charge in [0.2, 0.25) is 0 Å².